The normalized spacial score (nSPS) is 14.1. The van der Waals surface area contributed by atoms with Gasteiger partial charge in [-0.25, -0.2) is 5.43 Å². The SMILES string of the molecule is COc1ccc([N+](=O)[O-])cc1NC(=O)C/C(C)=N/NC(=O)C(=O)N1CCCCC1. The summed E-state index contributed by atoms with van der Waals surface area (Å²) in [5, 5.41) is 17.2. The summed E-state index contributed by atoms with van der Waals surface area (Å²) in [6, 6.07) is 3.82. The van der Waals surface area contributed by atoms with Crippen molar-refractivity contribution in [2.75, 3.05) is 25.5 Å². The van der Waals surface area contributed by atoms with Gasteiger partial charge in [0.15, 0.2) is 0 Å². The number of methoxy groups -OCH3 is 1. The lowest BCUT2D eigenvalue weighted by Crippen LogP contribution is -2.44. The van der Waals surface area contributed by atoms with Crippen LogP contribution in [0.15, 0.2) is 23.3 Å². The van der Waals surface area contributed by atoms with E-state index < -0.39 is 22.6 Å². The number of anilines is 1. The molecule has 0 aliphatic carbocycles. The lowest BCUT2D eigenvalue weighted by Gasteiger charge is -2.25. The standard InChI is InChI=1S/C18H23N5O6/c1-12(20-21-17(25)18(26)22-8-4-3-5-9-22)10-16(24)19-14-11-13(23(27)28)6-7-15(14)29-2/h6-7,11H,3-5,8-10H2,1-2H3,(H,19,24)(H,21,25)/b20-12+. The van der Waals surface area contributed by atoms with E-state index in [-0.39, 0.29) is 29.3 Å². The molecule has 0 aromatic heterocycles. The van der Waals surface area contributed by atoms with E-state index in [1.165, 1.54) is 37.1 Å². The van der Waals surface area contributed by atoms with Crippen molar-refractivity contribution in [2.24, 2.45) is 5.10 Å². The highest BCUT2D eigenvalue weighted by atomic mass is 16.6. The molecule has 2 rings (SSSR count). The predicted octanol–water partition coefficient (Wildman–Crippen LogP) is 1.44. The fourth-order valence-electron chi connectivity index (χ4n) is 2.81. The summed E-state index contributed by atoms with van der Waals surface area (Å²) in [7, 11) is 1.37. The number of nitrogens with zero attached hydrogens (tertiary/aromatic N) is 3. The molecule has 0 unspecified atom stereocenters. The number of nitrogens with one attached hydrogen (secondary N) is 2. The summed E-state index contributed by atoms with van der Waals surface area (Å²) in [6.07, 6.45) is 2.57. The number of rotatable bonds is 6. The smallest absolute Gasteiger partial charge is 0.329 e. The first-order valence-electron chi connectivity index (χ1n) is 9.06. The molecular weight excluding hydrogens is 382 g/mol. The van der Waals surface area contributed by atoms with Crippen LogP contribution in [0.3, 0.4) is 0 Å². The molecule has 1 fully saturated rings. The van der Waals surface area contributed by atoms with Crippen LogP contribution in [0, 0.1) is 10.1 Å². The van der Waals surface area contributed by atoms with Crippen molar-refractivity contribution < 1.29 is 24.0 Å². The number of amides is 3. The molecule has 0 radical (unpaired) electrons. The van der Waals surface area contributed by atoms with Crippen LogP contribution in [0.2, 0.25) is 0 Å². The first-order chi connectivity index (χ1) is 13.8. The minimum absolute atomic E-state index is 0.142. The molecule has 2 N–H and O–H groups in total. The monoisotopic (exact) mass is 405 g/mol. The van der Waals surface area contributed by atoms with Crippen molar-refractivity contribution in [3.63, 3.8) is 0 Å². The average Bonchev–Trinajstić information content (AvgIpc) is 2.71. The number of nitro benzene ring substituents is 1. The van der Waals surface area contributed by atoms with Gasteiger partial charge in [0.2, 0.25) is 5.91 Å². The van der Waals surface area contributed by atoms with E-state index in [0.29, 0.717) is 13.1 Å². The molecule has 0 bridgehead atoms. The number of benzene rings is 1. The topological polar surface area (TPSA) is 143 Å². The fourth-order valence-corrected chi connectivity index (χ4v) is 2.81. The maximum atomic E-state index is 12.2. The number of nitro groups is 1. The molecule has 0 saturated carbocycles. The van der Waals surface area contributed by atoms with Crippen LogP contribution >= 0.6 is 0 Å². The summed E-state index contributed by atoms with van der Waals surface area (Å²) >= 11 is 0. The average molecular weight is 405 g/mol. The molecule has 0 spiro atoms. The van der Waals surface area contributed by atoms with Crippen molar-refractivity contribution in [1.82, 2.24) is 10.3 Å². The van der Waals surface area contributed by atoms with Gasteiger partial charge in [0, 0.05) is 30.9 Å². The summed E-state index contributed by atoms with van der Waals surface area (Å²) in [6.45, 7) is 2.60. The Morgan fingerprint density at radius 1 is 1.24 bits per heavy atom. The minimum atomic E-state index is -0.855. The molecule has 1 aromatic carbocycles. The molecule has 1 heterocycles. The number of hydrogen-bond acceptors (Lipinski definition) is 7. The number of carbonyl (C=O) groups excluding carboxylic acids is 3. The second-order valence-corrected chi connectivity index (χ2v) is 6.51. The zero-order valence-corrected chi connectivity index (χ0v) is 16.3. The van der Waals surface area contributed by atoms with Crippen LogP contribution in [-0.2, 0) is 14.4 Å². The Kier molecular flexibility index (Phi) is 7.63. The van der Waals surface area contributed by atoms with E-state index >= 15 is 0 Å². The zero-order chi connectivity index (χ0) is 21.4. The lowest BCUT2D eigenvalue weighted by atomic mass is 10.1. The van der Waals surface area contributed by atoms with Crippen LogP contribution in [0.25, 0.3) is 0 Å². The highest BCUT2D eigenvalue weighted by Crippen LogP contribution is 2.28. The van der Waals surface area contributed by atoms with Crippen molar-refractivity contribution in [2.45, 2.75) is 32.6 Å². The molecule has 11 nitrogen and oxygen atoms in total. The van der Waals surface area contributed by atoms with Gasteiger partial charge in [0.1, 0.15) is 5.75 Å². The molecule has 1 aliphatic rings. The summed E-state index contributed by atoms with van der Waals surface area (Å²) in [4.78, 5) is 47.9. The van der Waals surface area contributed by atoms with Gasteiger partial charge < -0.3 is 15.0 Å². The number of likely N-dealkylation sites (tertiary alicyclic amines) is 1. The van der Waals surface area contributed by atoms with E-state index in [9.17, 15) is 24.5 Å². The predicted molar refractivity (Wildman–Crippen MR) is 105 cm³/mol. The molecule has 3 amide bonds. The first-order valence-corrected chi connectivity index (χ1v) is 9.06. The number of piperidine rings is 1. The highest BCUT2D eigenvalue weighted by molar-refractivity contribution is 6.35. The van der Waals surface area contributed by atoms with Crippen LogP contribution in [0.4, 0.5) is 11.4 Å². The maximum absolute atomic E-state index is 12.2. The maximum Gasteiger partial charge on any atom is 0.329 e. The minimum Gasteiger partial charge on any atom is -0.495 e. The van der Waals surface area contributed by atoms with Crippen molar-refractivity contribution in [1.29, 1.82) is 0 Å². The molecule has 1 saturated heterocycles. The van der Waals surface area contributed by atoms with Crippen LogP contribution in [0.1, 0.15) is 32.6 Å². The van der Waals surface area contributed by atoms with Gasteiger partial charge in [-0.15, -0.1) is 0 Å². The Balaban J connectivity index is 1.93. The summed E-state index contributed by atoms with van der Waals surface area (Å²) < 4.78 is 5.08. The van der Waals surface area contributed by atoms with Gasteiger partial charge in [-0.05, 0) is 32.3 Å². The van der Waals surface area contributed by atoms with Crippen LogP contribution < -0.4 is 15.5 Å². The van der Waals surface area contributed by atoms with E-state index in [1.54, 1.807) is 0 Å². The van der Waals surface area contributed by atoms with Gasteiger partial charge in [-0.3, -0.25) is 24.5 Å². The van der Waals surface area contributed by atoms with E-state index in [2.05, 4.69) is 15.8 Å². The second-order valence-electron chi connectivity index (χ2n) is 6.51. The van der Waals surface area contributed by atoms with Gasteiger partial charge in [-0.1, -0.05) is 0 Å². The van der Waals surface area contributed by atoms with Crippen molar-refractivity contribution >= 4 is 34.8 Å². The van der Waals surface area contributed by atoms with Crippen molar-refractivity contribution in [3.05, 3.63) is 28.3 Å². The van der Waals surface area contributed by atoms with Gasteiger partial charge >= 0.3 is 11.8 Å². The van der Waals surface area contributed by atoms with Crippen LogP contribution in [0.5, 0.6) is 5.75 Å². The molecule has 29 heavy (non-hydrogen) atoms. The molecule has 156 valence electrons. The Morgan fingerprint density at radius 2 is 1.93 bits per heavy atom. The largest absolute Gasteiger partial charge is 0.495 e. The Morgan fingerprint density at radius 3 is 2.55 bits per heavy atom. The molecule has 1 aromatic rings. The number of non-ortho nitro benzene ring substituents is 1. The Labute approximate surface area is 167 Å². The van der Waals surface area contributed by atoms with E-state index in [4.69, 9.17) is 4.74 Å². The van der Waals surface area contributed by atoms with E-state index in [0.717, 1.165) is 19.3 Å². The molecule has 11 heteroatoms. The Bertz CT molecular complexity index is 832. The third-order valence-corrected chi connectivity index (χ3v) is 4.27. The quantitative estimate of drug-likeness (QED) is 0.317. The number of hydrazone groups is 1. The molecule has 0 atom stereocenters. The summed E-state index contributed by atoms with van der Waals surface area (Å²) in [5.74, 6) is -1.75. The number of hydrogen-bond donors (Lipinski definition) is 2. The number of carbonyl (C=O) groups is 3. The Hall–Kier alpha value is -3.50. The zero-order valence-electron chi connectivity index (χ0n) is 16.3. The summed E-state index contributed by atoms with van der Waals surface area (Å²) in [5.41, 5.74) is 2.36. The second kappa shape index (κ2) is 10.2. The van der Waals surface area contributed by atoms with E-state index in [1.807, 2.05) is 0 Å². The first kappa shape index (κ1) is 21.8. The molecule has 1 aliphatic heterocycles. The third kappa shape index (κ3) is 6.26. The highest BCUT2D eigenvalue weighted by Gasteiger charge is 2.23. The van der Waals surface area contributed by atoms with Crippen LogP contribution in [-0.4, -0.2) is 53.5 Å². The fraction of sp³-hybridized carbons (Fsp3) is 0.444. The van der Waals surface area contributed by atoms with Gasteiger partial charge in [-0.2, -0.15) is 5.10 Å². The van der Waals surface area contributed by atoms with Gasteiger partial charge in [0.05, 0.1) is 24.1 Å². The number of ether oxygens (including phenoxy) is 1. The van der Waals surface area contributed by atoms with Gasteiger partial charge in [0.25, 0.3) is 5.69 Å². The molecular formula is C18H23N5O6. The lowest BCUT2D eigenvalue weighted by molar-refractivity contribution is -0.384. The third-order valence-electron chi connectivity index (χ3n) is 4.27. The van der Waals surface area contributed by atoms with Crippen molar-refractivity contribution in [3.8, 4) is 5.75 Å².